The Morgan fingerprint density at radius 3 is 2.70 bits per heavy atom. The summed E-state index contributed by atoms with van der Waals surface area (Å²) in [6.07, 6.45) is 1.92. The fraction of sp³-hybridized carbons (Fsp3) is 0.333. The van der Waals surface area contributed by atoms with Crippen LogP contribution in [0.1, 0.15) is 40.1 Å². The van der Waals surface area contributed by atoms with Crippen molar-refractivity contribution in [1.29, 1.82) is 0 Å². The van der Waals surface area contributed by atoms with Crippen molar-refractivity contribution in [3.63, 3.8) is 0 Å². The summed E-state index contributed by atoms with van der Waals surface area (Å²) in [5.74, 6) is -0.120. The molecule has 0 saturated carbocycles. The first-order chi connectivity index (χ1) is 9.38. The number of aryl methyl sites for hydroxylation is 3. The van der Waals surface area contributed by atoms with Crippen LogP contribution in [0.3, 0.4) is 0 Å². The SMILES string of the molecule is Cc1ccc(N)cc1C(=O)NC(C)c1cn(C)nc1C. The highest BCUT2D eigenvalue weighted by molar-refractivity contribution is 5.96. The molecule has 3 N–H and O–H groups in total. The Balaban J connectivity index is 2.19. The molecule has 0 bridgehead atoms. The van der Waals surface area contributed by atoms with E-state index in [0.29, 0.717) is 11.3 Å². The molecule has 0 aliphatic carbocycles. The number of hydrogen-bond donors (Lipinski definition) is 2. The monoisotopic (exact) mass is 272 g/mol. The van der Waals surface area contributed by atoms with Gasteiger partial charge in [-0.15, -0.1) is 0 Å². The topological polar surface area (TPSA) is 72.9 Å². The summed E-state index contributed by atoms with van der Waals surface area (Å²) in [5, 5.41) is 7.28. The Morgan fingerprint density at radius 2 is 2.10 bits per heavy atom. The van der Waals surface area contributed by atoms with Crippen molar-refractivity contribution in [3.8, 4) is 0 Å². The van der Waals surface area contributed by atoms with Gasteiger partial charge in [0, 0.05) is 30.1 Å². The molecule has 1 heterocycles. The number of amides is 1. The summed E-state index contributed by atoms with van der Waals surface area (Å²) >= 11 is 0. The number of anilines is 1. The molecule has 0 saturated heterocycles. The predicted molar refractivity (Wildman–Crippen MR) is 79.4 cm³/mol. The molecule has 20 heavy (non-hydrogen) atoms. The molecule has 5 heteroatoms. The molecule has 2 rings (SSSR count). The number of benzene rings is 1. The van der Waals surface area contributed by atoms with Crippen LogP contribution < -0.4 is 11.1 Å². The van der Waals surface area contributed by atoms with Gasteiger partial charge in [-0.3, -0.25) is 9.48 Å². The highest BCUT2D eigenvalue weighted by Gasteiger charge is 2.16. The molecule has 0 spiro atoms. The van der Waals surface area contributed by atoms with E-state index in [9.17, 15) is 4.79 Å². The van der Waals surface area contributed by atoms with Crippen LogP contribution in [-0.4, -0.2) is 15.7 Å². The second-order valence-electron chi connectivity index (χ2n) is 5.11. The maximum atomic E-state index is 12.3. The Bertz CT molecular complexity index is 645. The van der Waals surface area contributed by atoms with E-state index in [1.165, 1.54) is 0 Å². The van der Waals surface area contributed by atoms with Gasteiger partial charge in [0.05, 0.1) is 11.7 Å². The zero-order valence-electron chi connectivity index (χ0n) is 12.3. The summed E-state index contributed by atoms with van der Waals surface area (Å²) in [4.78, 5) is 12.3. The number of aromatic nitrogens is 2. The highest BCUT2D eigenvalue weighted by Crippen LogP contribution is 2.18. The Labute approximate surface area is 118 Å². The van der Waals surface area contributed by atoms with Crippen molar-refractivity contribution in [2.75, 3.05) is 5.73 Å². The van der Waals surface area contributed by atoms with Crippen molar-refractivity contribution < 1.29 is 4.79 Å². The molecule has 1 atom stereocenters. The molecule has 1 aromatic heterocycles. The molecule has 0 aliphatic rings. The van der Waals surface area contributed by atoms with Crippen molar-refractivity contribution in [1.82, 2.24) is 15.1 Å². The van der Waals surface area contributed by atoms with E-state index in [1.54, 1.807) is 16.8 Å². The summed E-state index contributed by atoms with van der Waals surface area (Å²) < 4.78 is 1.75. The van der Waals surface area contributed by atoms with Gasteiger partial charge in [0.25, 0.3) is 5.91 Å². The van der Waals surface area contributed by atoms with E-state index in [2.05, 4.69) is 10.4 Å². The number of hydrogen-bond acceptors (Lipinski definition) is 3. The van der Waals surface area contributed by atoms with Gasteiger partial charge >= 0.3 is 0 Å². The number of carbonyl (C=O) groups is 1. The number of rotatable bonds is 3. The molecular weight excluding hydrogens is 252 g/mol. The van der Waals surface area contributed by atoms with E-state index < -0.39 is 0 Å². The molecule has 0 fully saturated rings. The van der Waals surface area contributed by atoms with Crippen LogP contribution in [-0.2, 0) is 7.05 Å². The van der Waals surface area contributed by atoms with E-state index in [-0.39, 0.29) is 11.9 Å². The average Bonchev–Trinajstić information content (AvgIpc) is 2.71. The minimum atomic E-state index is -0.120. The first-order valence-corrected chi connectivity index (χ1v) is 6.55. The zero-order valence-corrected chi connectivity index (χ0v) is 12.3. The van der Waals surface area contributed by atoms with Crippen molar-refractivity contribution in [3.05, 3.63) is 46.8 Å². The molecule has 0 radical (unpaired) electrons. The van der Waals surface area contributed by atoms with Gasteiger partial charge in [-0.2, -0.15) is 5.10 Å². The maximum absolute atomic E-state index is 12.3. The Morgan fingerprint density at radius 1 is 1.40 bits per heavy atom. The summed E-state index contributed by atoms with van der Waals surface area (Å²) in [7, 11) is 1.87. The number of nitrogens with two attached hydrogens (primary N) is 1. The lowest BCUT2D eigenvalue weighted by Crippen LogP contribution is -2.27. The van der Waals surface area contributed by atoms with Crippen LogP contribution in [0.2, 0.25) is 0 Å². The molecule has 1 aromatic carbocycles. The van der Waals surface area contributed by atoms with E-state index in [0.717, 1.165) is 16.8 Å². The first-order valence-electron chi connectivity index (χ1n) is 6.55. The standard InChI is InChI=1S/C15H20N4O/c1-9-5-6-12(16)7-13(9)15(20)17-10(2)14-8-19(4)18-11(14)3/h5-8,10H,16H2,1-4H3,(H,17,20). The van der Waals surface area contributed by atoms with Crippen LogP contribution in [0.5, 0.6) is 0 Å². The lowest BCUT2D eigenvalue weighted by molar-refractivity contribution is 0.0939. The van der Waals surface area contributed by atoms with Crippen LogP contribution in [0, 0.1) is 13.8 Å². The fourth-order valence-corrected chi connectivity index (χ4v) is 2.28. The van der Waals surface area contributed by atoms with Gasteiger partial charge < -0.3 is 11.1 Å². The number of nitrogen functional groups attached to an aromatic ring is 1. The third-order valence-electron chi connectivity index (χ3n) is 3.37. The van der Waals surface area contributed by atoms with Gasteiger partial charge in [-0.25, -0.2) is 0 Å². The average molecular weight is 272 g/mol. The zero-order chi connectivity index (χ0) is 14.9. The van der Waals surface area contributed by atoms with Crippen LogP contribution >= 0.6 is 0 Å². The van der Waals surface area contributed by atoms with E-state index in [4.69, 9.17) is 5.73 Å². The van der Waals surface area contributed by atoms with Gasteiger partial charge in [0.2, 0.25) is 0 Å². The largest absolute Gasteiger partial charge is 0.399 e. The quantitative estimate of drug-likeness (QED) is 0.840. The first kappa shape index (κ1) is 14.1. The normalized spacial score (nSPS) is 12.2. The Kier molecular flexibility index (Phi) is 3.79. The smallest absolute Gasteiger partial charge is 0.252 e. The maximum Gasteiger partial charge on any atom is 0.252 e. The fourth-order valence-electron chi connectivity index (χ4n) is 2.28. The molecular formula is C15H20N4O. The van der Waals surface area contributed by atoms with Gasteiger partial charge in [0.1, 0.15) is 0 Å². The second-order valence-corrected chi connectivity index (χ2v) is 5.11. The number of carbonyl (C=O) groups excluding carboxylic acids is 1. The van der Waals surface area contributed by atoms with Crippen LogP contribution in [0.4, 0.5) is 5.69 Å². The molecule has 5 nitrogen and oxygen atoms in total. The molecule has 0 aliphatic heterocycles. The second kappa shape index (κ2) is 5.36. The van der Waals surface area contributed by atoms with Gasteiger partial charge in [-0.1, -0.05) is 6.07 Å². The number of nitrogens with one attached hydrogen (secondary N) is 1. The Hall–Kier alpha value is -2.30. The van der Waals surface area contributed by atoms with Crippen molar-refractivity contribution in [2.45, 2.75) is 26.8 Å². The van der Waals surface area contributed by atoms with E-state index in [1.807, 2.05) is 40.1 Å². The summed E-state index contributed by atoms with van der Waals surface area (Å²) in [6, 6.07) is 5.25. The predicted octanol–water partition coefficient (Wildman–Crippen LogP) is 2.11. The van der Waals surface area contributed by atoms with Gasteiger partial charge in [0.15, 0.2) is 0 Å². The van der Waals surface area contributed by atoms with Gasteiger partial charge in [-0.05, 0) is 38.5 Å². The third-order valence-corrected chi connectivity index (χ3v) is 3.37. The lowest BCUT2D eigenvalue weighted by Gasteiger charge is -2.14. The lowest BCUT2D eigenvalue weighted by atomic mass is 10.1. The summed E-state index contributed by atoms with van der Waals surface area (Å²) in [6.45, 7) is 5.78. The van der Waals surface area contributed by atoms with Crippen LogP contribution in [0.25, 0.3) is 0 Å². The highest BCUT2D eigenvalue weighted by atomic mass is 16.1. The van der Waals surface area contributed by atoms with Crippen molar-refractivity contribution >= 4 is 11.6 Å². The molecule has 106 valence electrons. The summed E-state index contributed by atoms with van der Waals surface area (Å²) in [5.41, 5.74) is 9.79. The number of nitrogens with zero attached hydrogens (tertiary/aromatic N) is 2. The van der Waals surface area contributed by atoms with E-state index >= 15 is 0 Å². The minimum Gasteiger partial charge on any atom is -0.399 e. The molecule has 2 aromatic rings. The van der Waals surface area contributed by atoms with Crippen molar-refractivity contribution in [2.24, 2.45) is 7.05 Å². The third kappa shape index (κ3) is 2.82. The minimum absolute atomic E-state index is 0.1000. The molecule has 1 unspecified atom stereocenters. The van der Waals surface area contributed by atoms with Crippen LogP contribution in [0.15, 0.2) is 24.4 Å². The molecule has 1 amide bonds.